The van der Waals surface area contributed by atoms with Crippen LogP contribution in [-0.4, -0.2) is 17.7 Å². The second-order valence-corrected chi connectivity index (χ2v) is 5.77. The van der Waals surface area contributed by atoms with E-state index in [1.54, 1.807) is 6.07 Å². The van der Waals surface area contributed by atoms with E-state index < -0.39 is 0 Å². The molecule has 1 saturated heterocycles. The maximum absolute atomic E-state index is 12.7. The van der Waals surface area contributed by atoms with Crippen molar-refractivity contribution in [3.63, 3.8) is 0 Å². The largest absolute Gasteiger partial charge is 0.317 e. The van der Waals surface area contributed by atoms with Gasteiger partial charge in [-0.2, -0.15) is 5.26 Å². The van der Waals surface area contributed by atoms with Gasteiger partial charge in [0, 0.05) is 6.04 Å². The summed E-state index contributed by atoms with van der Waals surface area (Å²) in [6.07, 6.45) is 1.82. The third-order valence-corrected chi connectivity index (χ3v) is 4.26. The average Bonchev–Trinajstić information content (AvgIpc) is 2.56. The Balaban J connectivity index is 2.17. The van der Waals surface area contributed by atoms with E-state index in [4.69, 9.17) is 5.26 Å². The normalized spacial score (nSPS) is 15.5. The van der Waals surface area contributed by atoms with Gasteiger partial charge in [0.1, 0.15) is 11.6 Å². The number of benzene rings is 1. The fourth-order valence-electron chi connectivity index (χ4n) is 3.03. The molecule has 3 rings (SSSR count). The van der Waals surface area contributed by atoms with Crippen LogP contribution in [0.3, 0.4) is 0 Å². The first-order valence-electron chi connectivity index (χ1n) is 7.64. The molecule has 4 nitrogen and oxygen atoms in total. The third kappa shape index (κ3) is 2.68. The Hall–Kier alpha value is -2.38. The predicted octanol–water partition coefficient (Wildman–Crippen LogP) is 2.62. The van der Waals surface area contributed by atoms with Gasteiger partial charge in [-0.05, 0) is 50.6 Å². The Kier molecular flexibility index (Phi) is 4.08. The van der Waals surface area contributed by atoms with Crippen molar-refractivity contribution in [2.45, 2.75) is 25.8 Å². The highest BCUT2D eigenvalue weighted by Gasteiger charge is 2.20. The van der Waals surface area contributed by atoms with Crippen LogP contribution in [0, 0.1) is 18.3 Å². The van der Waals surface area contributed by atoms with Gasteiger partial charge in [-0.15, -0.1) is 0 Å². The summed E-state index contributed by atoms with van der Waals surface area (Å²) >= 11 is 0. The van der Waals surface area contributed by atoms with Crippen molar-refractivity contribution in [3.05, 3.63) is 57.9 Å². The molecular weight excluding hydrogens is 274 g/mol. The number of aromatic nitrogens is 1. The van der Waals surface area contributed by atoms with Crippen molar-refractivity contribution in [2.75, 3.05) is 13.1 Å². The van der Waals surface area contributed by atoms with E-state index in [1.807, 2.05) is 47.9 Å². The molecule has 1 aliphatic rings. The third-order valence-electron chi connectivity index (χ3n) is 4.26. The highest BCUT2D eigenvalue weighted by molar-refractivity contribution is 5.61. The van der Waals surface area contributed by atoms with Crippen LogP contribution in [0.1, 0.15) is 30.0 Å². The molecule has 112 valence electrons. The second kappa shape index (κ2) is 6.17. The SMILES string of the molecule is Cc1ccc(-c2ccc(C#N)c(=O)n2C2CCNCC2)cc1. The van der Waals surface area contributed by atoms with Gasteiger partial charge in [0.25, 0.3) is 5.56 Å². The second-order valence-electron chi connectivity index (χ2n) is 5.77. The molecule has 1 N–H and O–H groups in total. The number of nitrogens with zero attached hydrogens (tertiary/aromatic N) is 2. The maximum Gasteiger partial charge on any atom is 0.269 e. The van der Waals surface area contributed by atoms with Crippen LogP contribution >= 0.6 is 0 Å². The molecule has 0 spiro atoms. The molecule has 0 atom stereocenters. The van der Waals surface area contributed by atoms with Gasteiger partial charge in [-0.25, -0.2) is 0 Å². The molecule has 1 aromatic heterocycles. The predicted molar refractivity (Wildman–Crippen MR) is 86.7 cm³/mol. The topological polar surface area (TPSA) is 57.8 Å². The zero-order valence-electron chi connectivity index (χ0n) is 12.7. The number of piperidine rings is 1. The monoisotopic (exact) mass is 293 g/mol. The van der Waals surface area contributed by atoms with Crippen LogP contribution in [-0.2, 0) is 0 Å². The Labute approximate surface area is 130 Å². The average molecular weight is 293 g/mol. The van der Waals surface area contributed by atoms with Gasteiger partial charge in [0.15, 0.2) is 0 Å². The summed E-state index contributed by atoms with van der Waals surface area (Å²) < 4.78 is 1.82. The number of nitrogens with one attached hydrogen (secondary N) is 1. The van der Waals surface area contributed by atoms with E-state index in [0.717, 1.165) is 37.2 Å². The quantitative estimate of drug-likeness (QED) is 0.926. The molecule has 1 fully saturated rings. The van der Waals surface area contributed by atoms with Gasteiger partial charge in [-0.1, -0.05) is 29.8 Å². The van der Waals surface area contributed by atoms with Crippen LogP contribution in [0.4, 0.5) is 0 Å². The lowest BCUT2D eigenvalue weighted by atomic mass is 10.0. The van der Waals surface area contributed by atoms with Crippen molar-refractivity contribution in [1.82, 2.24) is 9.88 Å². The molecule has 1 aliphatic heterocycles. The number of aryl methyl sites for hydroxylation is 1. The minimum Gasteiger partial charge on any atom is -0.317 e. The summed E-state index contributed by atoms with van der Waals surface area (Å²) in [5.41, 5.74) is 3.15. The van der Waals surface area contributed by atoms with Gasteiger partial charge in [0.2, 0.25) is 0 Å². The highest BCUT2D eigenvalue weighted by atomic mass is 16.1. The summed E-state index contributed by atoms with van der Waals surface area (Å²) in [5.74, 6) is 0. The van der Waals surface area contributed by atoms with E-state index in [2.05, 4.69) is 5.32 Å². The summed E-state index contributed by atoms with van der Waals surface area (Å²) in [7, 11) is 0. The van der Waals surface area contributed by atoms with Crippen LogP contribution in [0.2, 0.25) is 0 Å². The molecule has 1 aromatic carbocycles. The van der Waals surface area contributed by atoms with Crippen LogP contribution in [0.15, 0.2) is 41.2 Å². The Morgan fingerprint density at radius 3 is 2.45 bits per heavy atom. The molecule has 0 radical (unpaired) electrons. The lowest BCUT2D eigenvalue weighted by molar-refractivity contribution is 0.363. The summed E-state index contributed by atoms with van der Waals surface area (Å²) in [4.78, 5) is 12.7. The molecule has 0 saturated carbocycles. The first-order chi connectivity index (χ1) is 10.7. The van der Waals surface area contributed by atoms with Crippen LogP contribution in [0.5, 0.6) is 0 Å². The zero-order valence-corrected chi connectivity index (χ0v) is 12.7. The van der Waals surface area contributed by atoms with Crippen molar-refractivity contribution in [1.29, 1.82) is 5.26 Å². The number of pyridine rings is 1. The lowest BCUT2D eigenvalue weighted by Crippen LogP contribution is -2.35. The van der Waals surface area contributed by atoms with Gasteiger partial charge < -0.3 is 9.88 Å². The van der Waals surface area contributed by atoms with E-state index >= 15 is 0 Å². The minimum absolute atomic E-state index is 0.151. The van der Waals surface area contributed by atoms with Crippen molar-refractivity contribution >= 4 is 0 Å². The first-order valence-corrected chi connectivity index (χ1v) is 7.64. The number of nitriles is 1. The molecular formula is C18H19N3O. The Morgan fingerprint density at radius 1 is 1.14 bits per heavy atom. The fourth-order valence-corrected chi connectivity index (χ4v) is 3.03. The van der Waals surface area contributed by atoms with Crippen molar-refractivity contribution in [2.24, 2.45) is 0 Å². The van der Waals surface area contributed by atoms with Crippen molar-refractivity contribution < 1.29 is 0 Å². The van der Waals surface area contributed by atoms with Gasteiger partial charge >= 0.3 is 0 Å². The molecule has 0 bridgehead atoms. The Morgan fingerprint density at radius 2 is 1.82 bits per heavy atom. The van der Waals surface area contributed by atoms with Crippen LogP contribution < -0.4 is 10.9 Å². The zero-order chi connectivity index (χ0) is 15.5. The van der Waals surface area contributed by atoms with E-state index in [1.165, 1.54) is 5.56 Å². The summed E-state index contributed by atoms with van der Waals surface area (Å²) in [6, 6.07) is 13.9. The van der Waals surface area contributed by atoms with Crippen LogP contribution in [0.25, 0.3) is 11.3 Å². The molecule has 22 heavy (non-hydrogen) atoms. The molecule has 0 aliphatic carbocycles. The number of hydrogen-bond donors (Lipinski definition) is 1. The molecule has 0 amide bonds. The molecule has 2 aromatic rings. The summed E-state index contributed by atoms with van der Waals surface area (Å²) in [5, 5.41) is 12.5. The maximum atomic E-state index is 12.7. The van der Waals surface area contributed by atoms with Gasteiger partial charge in [0.05, 0.1) is 5.69 Å². The number of rotatable bonds is 2. The van der Waals surface area contributed by atoms with E-state index in [9.17, 15) is 4.79 Å². The summed E-state index contributed by atoms with van der Waals surface area (Å²) in [6.45, 7) is 3.85. The standard InChI is InChI=1S/C18H19N3O/c1-13-2-4-14(5-3-13)17-7-6-15(12-19)18(22)21(17)16-8-10-20-11-9-16/h2-7,16,20H,8-11H2,1H3. The molecule has 4 heteroatoms. The van der Waals surface area contributed by atoms with E-state index in [0.29, 0.717) is 0 Å². The fraction of sp³-hybridized carbons (Fsp3) is 0.333. The lowest BCUT2D eigenvalue weighted by Gasteiger charge is -2.27. The van der Waals surface area contributed by atoms with Gasteiger partial charge in [-0.3, -0.25) is 4.79 Å². The molecule has 0 unspecified atom stereocenters. The minimum atomic E-state index is -0.174. The number of hydrogen-bond acceptors (Lipinski definition) is 3. The molecule has 2 heterocycles. The smallest absolute Gasteiger partial charge is 0.269 e. The van der Waals surface area contributed by atoms with Crippen molar-refractivity contribution in [3.8, 4) is 17.3 Å². The Bertz CT molecular complexity index is 762. The highest BCUT2D eigenvalue weighted by Crippen LogP contribution is 2.26. The first kappa shape index (κ1) is 14.6. The van der Waals surface area contributed by atoms with E-state index in [-0.39, 0.29) is 17.2 Å².